The van der Waals surface area contributed by atoms with Crippen LogP contribution >= 0.6 is 11.6 Å². The minimum Gasteiger partial charge on any atom is -0.497 e. The number of carbonyl (C=O) groups excluding carboxylic acids is 1. The number of nitrogens with zero attached hydrogens (tertiary/aromatic N) is 6. The van der Waals surface area contributed by atoms with E-state index in [-0.39, 0.29) is 30.4 Å². The van der Waals surface area contributed by atoms with Crippen LogP contribution < -0.4 is 19.7 Å². The molecule has 0 spiro atoms. The molecule has 12 nitrogen and oxygen atoms in total. The molecule has 0 radical (unpaired) electrons. The van der Waals surface area contributed by atoms with Crippen molar-refractivity contribution in [2.24, 2.45) is 12.0 Å². The summed E-state index contributed by atoms with van der Waals surface area (Å²) in [4.78, 5) is 20.6. The molecule has 16 heteroatoms. The van der Waals surface area contributed by atoms with Crippen LogP contribution in [0.2, 0.25) is 5.02 Å². The Bertz CT molecular complexity index is 2270. The summed E-state index contributed by atoms with van der Waals surface area (Å²) in [5.74, 6) is -0.534. The van der Waals surface area contributed by atoms with Crippen molar-refractivity contribution in [3.8, 4) is 5.75 Å². The van der Waals surface area contributed by atoms with Crippen molar-refractivity contribution >= 4 is 61.5 Å². The molecule has 0 unspecified atom stereocenters. The molecule has 2 N–H and O–H groups in total. The van der Waals surface area contributed by atoms with Crippen LogP contribution in [-0.2, 0) is 41.4 Å². The minimum atomic E-state index is -3.71. The first-order valence-corrected chi connectivity index (χ1v) is 18.1. The number of anilines is 2. The maximum atomic E-state index is 14.5. The van der Waals surface area contributed by atoms with Gasteiger partial charge in [-0.2, -0.15) is 10.2 Å². The van der Waals surface area contributed by atoms with E-state index in [1.807, 2.05) is 23.1 Å². The van der Waals surface area contributed by atoms with Gasteiger partial charge in [0.05, 0.1) is 58.9 Å². The lowest BCUT2D eigenvalue weighted by Gasteiger charge is -2.35. The van der Waals surface area contributed by atoms with Crippen molar-refractivity contribution in [2.75, 3.05) is 23.0 Å². The van der Waals surface area contributed by atoms with Gasteiger partial charge in [0.1, 0.15) is 29.8 Å². The summed E-state index contributed by atoms with van der Waals surface area (Å²) in [5.41, 5.74) is 3.66. The molecule has 1 aliphatic carbocycles. The van der Waals surface area contributed by atoms with Crippen molar-refractivity contribution in [3.05, 3.63) is 94.3 Å². The number of benzene rings is 3. The summed E-state index contributed by atoms with van der Waals surface area (Å²) in [5, 5.41) is 12.7. The molecule has 3 heterocycles. The number of amidine groups is 1. The van der Waals surface area contributed by atoms with Crippen LogP contribution in [0.4, 0.5) is 26.0 Å². The summed E-state index contributed by atoms with van der Waals surface area (Å²) in [6.45, 7) is 0.161. The Morgan fingerprint density at radius 3 is 2.54 bits per heavy atom. The monoisotopic (exact) mass is 722 g/mol. The molecule has 0 saturated heterocycles. The molecule has 50 heavy (non-hydrogen) atoms. The second-order valence-corrected chi connectivity index (χ2v) is 14.7. The van der Waals surface area contributed by atoms with Crippen LogP contribution in [0.5, 0.6) is 5.75 Å². The van der Waals surface area contributed by atoms with Crippen LogP contribution in [0, 0.1) is 11.6 Å². The van der Waals surface area contributed by atoms with Gasteiger partial charge in [0.15, 0.2) is 5.82 Å². The summed E-state index contributed by atoms with van der Waals surface area (Å²) in [6.07, 6.45) is 4.89. The third kappa shape index (κ3) is 7.01. The molecule has 2 aromatic heterocycles. The molecule has 7 rings (SSSR count). The molecule has 1 amide bonds. The van der Waals surface area contributed by atoms with Gasteiger partial charge >= 0.3 is 0 Å². The highest BCUT2D eigenvalue weighted by atomic mass is 35.5. The fourth-order valence-electron chi connectivity index (χ4n) is 6.26. The average molecular weight is 723 g/mol. The van der Waals surface area contributed by atoms with E-state index in [1.54, 1.807) is 43.2 Å². The van der Waals surface area contributed by atoms with Crippen molar-refractivity contribution < 1.29 is 26.7 Å². The molecule has 0 bridgehead atoms. The number of ether oxygens (including phenoxy) is 1. The number of sulfonamides is 1. The van der Waals surface area contributed by atoms with E-state index in [1.165, 1.54) is 16.8 Å². The number of carbonyl (C=O) groups is 1. The Labute approximate surface area is 291 Å². The lowest BCUT2D eigenvalue weighted by molar-refractivity contribution is -0.122. The second-order valence-electron chi connectivity index (χ2n) is 12.5. The van der Waals surface area contributed by atoms with Crippen LogP contribution in [0.25, 0.3) is 10.9 Å². The normalized spacial score (nSPS) is 15.1. The molecule has 1 fully saturated rings. The van der Waals surface area contributed by atoms with Gasteiger partial charge in [-0.3, -0.25) is 18.9 Å². The van der Waals surface area contributed by atoms with Crippen LogP contribution in [0.3, 0.4) is 0 Å². The van der Waals surface area contributed by atoms with E-state index in [9.17, 15) is 22.0 Å². The highest BCUT2D eigenvalue weighted by molar-refractivity contribution is 7.92. The summed E-state index contributed by atoms with van der Waals surface area (Å²) < 4.78 is 64.4. The Hall–Kier alpha value is -5.02. The quantitative estimate of drug-likeness (QED) is 0.186. The topological polar surface area (TPSA) is 136 Å². The molecule has 1 atom stereocenters. The Morgan fingerprint density at radius 1 is 1.08 bits per heavy atom. The summed E-state index contributed by atoms with van der Waals surface area (Å²) >= 11 is 6.65. The third-order valence-corrected chi connectivity index (χ3v) is 9.47. The number of hydrogen-bond donors (Lipinski definition) is 2. The Balaban J connectivity index is 1.35. The maximum absolute atomic E-state index is 14.5. The highest BCUT2D eigenvalue weighted by Crippen LogP contribution is 2.41. The van der Waals surface area contributed by atoms with Gasteiger partial charge in [0.2, 0.25) is 15.9 Å². The number of aryl methyl sites for hydroxylation is 1. The number of rotatable bonds is 11. The fourth-order valence-corrected chi connectivity index (χ4v) is 7.00. The van der Waals surface area contributed by atoms with E-state index in [2.05, 4.69) is 20.2 Å². The van der Waals surface area contributed by atoms with Crippen LogP contribution in [0.15, 0.2) is 65.8 Å². The molecule has 5 aromatic rings. The lowest BCUT2D eigenvalue weighted by atomic mass is 10.00. The van der Waals surface area contributed by atoms with Crippen molar-refractivity contribution in [2.45, 2.75) is 44.3 Å². The number of halogens is 3. The number of amides is 1. The van der Waals surface area contributed by atoms with E-state index < -0.39 is 33.6 Å². The zero-order chi connectivity index (χ0) is 35.3. The molecule has 1 aliphatic heterocycles. The predicted octanol–water partition coefficient (Wildman–Crippen LogP) is 5.44. The zero-order valence-electron chi connectivity index (χ0n) is 27.3. The number of methoxy groups -OCH3 is 1. The molecule has 3 aromatic carbocycles. The molecular weight excluding hydrogens is 690 g/mol. The van der Waals surface area contributed by atoms with Gasteiger partial charge in [-0.05, 0) is 60.4 Å². The van der Waals surface area contributed by atoms with Crippen LogP contribution in [0.1, 0.15) is 35.6 Å². The number of hydrogen-bond acceptors (Lipinski definition) is 8. The number of aliphatic imine (C=N–C) groups is 1. The van der Waals surface area contributed by atoms with Crippen molar-refractivity contribution in [1.82, 2.24) is 24.9 Å². The van der Waals surface area contributed by atoms with Gasteiger partial charge in [0.25, 0.3) is 0 Å². The smallest absolute Gasteiger partial charge is 0.242 e. The number of nitrogens with one attached hydrogen (secondary N) is 2. The zero-order valence-corrected chi connectivity index (χ0v) is 28.9. The van der Waals surface area contributed by atoms with Gasteiger partial charge < -0.3 is 15.0 Å². The third-order valence-electron chi connectivity index (χ3n) is 8.59. The fraction of sp³-hybridized carbons (Fsp3) is 0.294. The minimum absolute atomic E-state index is 0.0233. The molecule has 260 valence electrons. The molecule has 1 saturated carbocycles. The van der Waals surface area contributed by atoms with E-state index >= 15 is 0 Å². The summed E-state index contributed by atoms with van der Waals surface area (Å²) in [6, 6.07) is 13.0. The Morgan fingerprint density at radius 2 is 1.84 bits per heavy atom. The van der Waals surface area contributed by atoms with Gasteiger partial charge in [-0.15, -0.1) is 0 Å². The van der Waals surface area contributed by atoms with E-state index in [0.29, 0.717) is 45.3 Å². The van der Waals surface area contributed by atoms with Gasteiger partial charge in [-0.25, -0.2) is 22.2 Å². The number of aromatic nitrogens is 4. The number of fused-ring (bicyclic) bond motifs is 2. The first-order valence-electron chi connectivity index (χ1n) is 15.8. The average Bonchev–Trinajstić information content (AvgIpc) is 3.71. The van der Waals surface area contributed by atoms with Crippen molar-refractivity contribution in [1.29, 1.82) is 0 Å². The largest absolute Gasteiger partial charge is 0.497 e. The van der Waals surface area contributed by atoms with Crippen molar-refractivity contribution in [3.63, 3.8) is 0 Å². The standard InChI is InChI=1S/C34H33ClF2N8O4S/c1-43-32-29(9-8-25(35)31(32)33(41-43)42-50(3,47)48)45-17-21-6-7-24(49-2)16-27(21)39-34(45)28(14-19-12-22(36)15-23(37)13-19)38-30(46)18-44-11-10-26(40-44)20-4-5-20/h6-13,15-16,20,28H,4-5,14,17-18H2,1-3H3,(H,38,46)(H,41,42)/t28-/m0/s1. The highest BCUT2D eigenvalue weighted by Gasteiger charge is 2.33. The summed E-state index contributed by atoms with van der Waals surface area (Å²) in [7, 11) is -0.511. The van der Waals surface area contributed by atoms with Gasteiger partial charge in [-0.1, -0.05) is 17.7 Å². The lowest BCUT2D eigenvalue weighted by Crippen LogP contribution is -2.51. The molecule has 2 aliphatic rings. The molecular formula is C34H33ClF2N8O4S. The SMILES string of the molecule is COc1ccc2c(c1)N=C([C@H](Cc1cc(F)cc(F)c1)NC(=O)Cn1ccc(C3CC3)n1)N(c1ccc(Cl)c3c(NS(C)(=O)=O)nn(C)c13)C2. The first-order chi connectivity index (χ1) is 23.8. The van der Waals surface area contributed by atoms with Crippen LogP contribution in [-0.4, -0.2) is 59.1 Å². The predicted molar refractivity (Wildman–Crippen MR) is 187 cm³/mol. The maximum Gasteiger partial charge on any atom is 0.242 e. The first kappa shape index (κ1) is 33.5. The second kappa shape index (κ2) is 13.0. The van der Waals surface area contributed by atoms with E-state index in [0.717, 1.165) is 36.4 Å². The van der Waals surface area contributed by atoms with E-state index in [4.69, 9.17) is 21.3 Å². The van der Waals surface area contributed by atoms with Gasteiger partial charge in [0, 0.05) is 37.7 Å². The Kier molecular flexibility index (Phi) is 8.72.